The van der Waals surface area contributed by atoms with Gasteiger partial charge in [-0.2, -0.15) is 10.4 Å². The van der Waals surface area contributed by atoms with Crippen molar-refractivity contribution in [2.75, 3.05) is 26.2 Å². The zero-order valence-corrected chi connectivity index (χ0v) is 16.0. The molecular formula is C23H21N5O. The van der Waals surface area contributed by atoms with Gasteiger partial charge in [0.05, 0.1) is 29.1 Å². The quantitative estimate of drug-likeness (QED) is 0.752. The number of H-pyrrole nitrogens is 1. The first-order chi connectivity index (χ1) is 14.2. The molecule has 3 heterocycles. The summed E-state index contributed by atoms with van der Waals surface area (Å²) < 4.78 is 0. The number of amides is 1. The standard InChI is InChI=1S/C23H21N5O/c24-10-18-7-4-8-19(9-18)21-20(11-25-26-21)22(29)28-15-23(16-28)13-27(14-23)12-17-5-2-1-3-6-17/h1-9,11H,12-16H2,(H,25,26). The molecule has 2 aliphatic rings. The summed E-state index contributed by atoms with van der Waals surface area (Å²) in [6.07, 6.45) is 1.59. The highest BCUT2D eigenvalue weighted by molar-refractivity contribution is 6.00. The Bertz CT molecular complexity index is 1080. The average molecular weight is 383 g/mol. The van der Waals surface area contributed by atoms with Crippen LogP contribution in [0.4, 0.5) is 0 Å². The number of benzene rings is 2. The van der Waals surface area contributed by atoms with E-state index in [-0.39, 0.29) is 11.3 Å². The first-order valence-electron chi connectivity index (χ1n) is 9.75. The summed E-state index contributed by atoms with van der Waals surface area (Å²) >= 11 is 0. The van der Waals surface area contributed by atoms with Crippen molar-refractivity contribution in [3.8, 4) is 17.3 Å². The number of aromatic nitrogens is 2. The minimum atomic E-state index is 0.00300. The Morgan fingerprint density at radius 1 is 1.10 bits per heavy atom. The first-order valence-corrected chi connectivity index (χ1v) is 9.75. The molecule has 0 bridgehead atoms. The van der Waals surface area contributed by atoms with E-state index in [0.717, 1.165) is 38.3 Å². The molecule has 1 spiro atoms. The topological polar surface area (TPSA) is 76.0 Å². The summed E-state index contributed by atoms with van der Waals surface area (Å²) in [5.41, 5.74) is 4.18. The van der Waals surface area contributed by atoms with Crippen molar-refractivity contribution in [2.45, 2.75) is 6.54 Å². The maximum Gasteiger partial charge on any atom is 0.257 e. The van der Waals surface area contributed by atoms with Crippen LogP contribution in [0, 0.1) is 16.7 Å². The fourth-order valence-electron chi connectivity index (χ4n) is 4.55. The molecule has 29 heavy (non-hydrogen) atoms. The minimum Gasteiger partial charge on any atom is -0.337 e. The van der Waals surface area contributed by atoms with Crippen molar-refractivity contribution >= 4 is 5.91 Å². The third-order valence-electron chi connectivity index (χ3n) is 5.86. The van der Waals surface area contributed by atoms with E-state index in [1.54, 1.807) is 18.3 Å². The molecule has 5 rings (SSSR count). The van der Waals surface area contributed by atoms with E-state index in [1.165, 1.54) is 5.56 Å². The maximum absolute atomic E-state index is 13.0. The van der Waals surface area contributed by atoms with Gasteiger partial charge in [-0.3, -0.25) is 14.8 Å². The molecule has 6 nitrogen and oxygen atoms in total. The monoisotopic (exact) mass is 383 g/mol. The summed E-state index contributed by atoms with van der Waals surface area (Å²) in [6.45, 7) is 4.62. The van der Waals surface area contributed by atoms with Gasteiger partial charge in [0.15, 0.2) is 0 Å². The van der Waals surface area contributed by atoms with Crippen molar-refractivity contribution in [2.24, 2.45) is 5.41 Å². The smallest absolute Gasteiger partial charge is 0.257 e. The summed E-state index contributed by atoms with van der Waals surface area (Å²) in [7, 11) is 0. The van der Waals surface area contributed by atoms with Gasteiger partial charge in [-0.1, -0.05) is 42.5 Å². The van der Waals surface area contributed by atoms with Gasteiger partial charge in [0.2, 0.25) is 0 Å². The van der Waals surface area contributed by atoms with E-state index in [9.17, 15) is 4.79 Å². The molecule has 1 N–H and O–H groups in total. The Morgan fingerprint density at radius 3 is 2.66 bits per heavy atom. The van der Waals surface area contributed by atoms with E-state index in [2.05, 4.69) is 45.4 Å². The highest BCUT2D eigenvalue weighted by atomic mass is 16.2. The molecule has 2 saturated heterocycles. The number of nitrogens with one attached hydrogen (secondary N) is 1. The summed E-state index contributed by atoms with van der Waals surface area (Å²) in [5.74, 6) is 0.00300. The van der Waals surface area contributed by atoms with Gasteiger partial charge in [0, 0.05) is 43.7 Å². The molecule has 3 aromatic rings. The molecule has 2 aromatic carbocycles. The Hall–Kier alpha value is -3.43. The molecule has 2 fully saturated rings. The molecule has 2 aliphatic heterocycles. The Balaban J connectivity index is 1.22. The van der Waals surface area contributed by atoms with Crippen LogP contribution in [-0.2, 0) is 6.54 Å². The number of aromatic amines is 1. The lowest BCUT2D eigenvalue weighted by atomic mass is 9.72. The lowest BCUT2D eigenvalue weighted by molar-refractivity contribution is -0.102. The minimum absolute atomic E-state index is 0.00300. The Kier molecular flexibility index (Phi) is 4.18. The van der Waals surface area contributed by atoms with Crippen LogP contribution in [-0.4, -0.2) is 52.1 Å². The fraction of sp³-hybridized carbons (Fsp3) is 0.261. The molecule has 1 aromatic heterocycles. The second-order valence-electron chi connectivity index (χ2n) is 8.14. The summed E-state index contributed by atoms with van der Waals surface area (Å²) in [6, 6.07) is 19.9. The first kappa shape index (κ1) is 17.7. The molecule has 0 unspecified atom stereocenters. The number of hydrogen-bond donors (Lipinski definition) is 1. The highest BCUT2D eigenvalue weighted by Crippen LogP contribution is 2.41. The third-order valence-corrected chi connectivity index (χ3v) is 5.86. The van der Waals surface area contributed by atoms with E-state index in [0.29, 0.717) is 16.8 Å². The van der Waals surface area contributed by atoms with Gasteiger partial charge in [0.25, 0.3) is 5.91 Å². The number of carbonyl (C=O) groups is 1. The molecule has 144 valence electrons. The van der Waals surface area contributed by atoms with Gasteiger partial charge in [-0.05, 0) is 17.7 Å². The van der Waals surface area contributed by atoms with Gasteiger partial charge < -0.3 is 4.90 Å². The number of rotatable bonds is 4. The van der Waals surface area contributed by atoms with Crippen molar-refractivity contribution in [3.05, 3.63) is 77.5 Å². The second-order valence-corrected chi connectivity index (χ2v) is 8.14. The molecule has 0 radical (unpaired) electrons. The molecule has 0 aliphatic carbocycles. The predicted molar refractivity (Wildman–Crippen MR) is 109 cm³/mol. The van der Waals surface area contributed by atoms with Crippen LogP contribution in [0.15, 0.2) is 60.8 Å². The molecule has 0 saturated carbocycles. The number of nitriles is 1. The largest absolute Gasteiger partial charge is 0.337 e. The average Bonchev–Trinajstić information content (AvgIpc) is 3.19. The number of hydrogen-bond acceptors (Lipinski definition) is 4. The van der Waals surface area contributed by atoms with Crippen LogP contribution < -0.4 is 0 Å². The van der Waals surface area contributed by atoms with Crippen LogP contribution in [0.1, 0.15) is 21.5 Å². The van der Waals surface area contributed by atoms with Gasteiger partial charge in [0.1, 0.15) is 0 Å². The number of likely N-dealkylation sites (tertiary alicyclic amines) is 2. The van der Waals surface area contributed by atoms with Crippen molar-refractivity contribution in [3.63, 3.8) is 0 Å². The van der Waals surface area contributed by atoms with Crippen LogP contribution in [0.25, 0.3) is 11.3 Å². The third kappa shape index (κ3) is 3.20. The summed E-state index contributed by atoms with van der Waals surface area (Å²) in [4.78, 5) is 17.4. The predicted octanol–water partition coefficient (Wildman–Crippen LogP) is 2.91. The van der Waals surface area contributed by atoms with Crippen molar-refractivity contribution in [1.29, 1.82) is 5.26 Å². The van der Waals surface area contributed by atoms with Gasteiger partial charge in [-0.15, -0.1) is 0 Å². The lowest BCUT2D eigenvalue weighted by Gasteiger charge is -2.60. The second kappa shape index (κ2) is 6.87. The van der Waals surface area contributed by atoms with Crippen molar-refractivity contribution < 1.29 is 4.79 Å². The molecule has 6 heteroatoms. The Labute approximate surface area is 169 Å². The summed E-state index contributed by atoms with van der Waals surface area (Å²) in [5, 5.41) is 16.1. The van der Waals surface area contributed by atoms with Gasteiger partial charge >= 0.3 is 0 Å². The fourth-order valence-corrected chi connectivity index (χ4v) is 4.55. The van der Waals surface area contributed by atoms with E-state index in [4.69, 9.17) is 5.26 Å². The van der Waals surface area contributed by atoms with Crippen LogP contribution >= 0.6 is 0 Å². The van der Waals surface area contributed by atoms with Gasteiger partial charge in [-0.25, -0.2) is 0 Å². The van der Waals surface area contributed by atoms with Crippen LogP contribution in [0.2, 0.25) is 0 Å². The molecule has 0 atom stereocenters. The van der Waals surface area contributed by atoms with Crippen LogP contribution in [0.5, 0.6) is 0 Å². The molecular weight excluding hydrogens is 362 g/mol. The maximum atomic E-state index is 13.0. The van der Waals surface area contributed by atoms with Crippen molar-refractivity contribution in [1.82, 2.24) is 20.0 Å². The lowest BCUT2D eigenvalue weighted by Crippen LogP contribution is -2.72. The van der Waals surface area contributed by atoms with E-state index >= 15 is 0 Å². The Morgan fingerprint density at radius 2 is 1.90 bits per heavy atom. The molecule has 1 amide bonds. The SMILES string of the molecule is N#Cc1cccc(-c2[nH]ncc2C(=O)N2CC3(CN(Cc4ccccc4)C3)C2)c1. The van der Waals surface area contributed by atoms with E-state index in [1.807, 2.05) is 23.1 Å². The number of nitrogens with zero attached hydrogens (tertiary/aromatic N) is 4. The normalized spacial score (nSPS) is 17.4. The van der Waals surface area contributed by atoms with E-state index < -0.39 is 0 Å². The van der Waals surface area contributed by atoms with Crippen LogP contribution in [0.3, 0.4) is 0 Å². The zero-order chi connectivity index (χ0) is 19.8. The number of carbonyl (C=O) groups excluding carboxylic acids is 1. The highest BCUT2D eigenvalue weighted by Gasteiger charge is 2.53. The zero-order valence-electron chi connectivity index (χ0n) is 16.0.